The highest BCUT2D eigenvalue weighted by molar-refractivity contribution is 7.14. The third-order valence-corrected chi connectivity index (χ3v) is 5.86. The molecule has 1 N–H and O–H groups in total. The molecule has 0 bridgehead atoms. The van der Waals surface area contributed by atoms with E-state index in [0.29, 0.717) is 0 Å². The van der Waals surface area contributed by atoms with E-state index in [1.807, 2.05) is 58.8 Å². The number of amides is 1. The summed E-state index contributed by atoms with van der Waals surface area (Å²) in [4.78, 5) is 21.0. The number of hydrogen-bond acceptors (Lipinski definition) is 5. The first-order chi connectivity index (χ1) is 13.2. The van der Waals surface area contributed by atoms with E-state index in [1.165, 1.54) is 0 Å². The average molecular weight is 395 g/mol. The maximum Gasteiger partial charge on any atom is 0.226 e. The first kappa shape index (κ1) is 17.6. The maximum atomic E-state index is 12.4. The average Bonchev–Trinajstić information content (AvgIpc) is 3.43. The van der Waals surface area contributed by atoms with Crippen LogP contribution in [0.5, 0.6) is 0 Å². The van der Waals surface area contributed by atoms with Gasteiger partial charge in [-0.25, -0.2) is 9.97 Å². The highest BCUT2D eigenvalue weighted by Crippen LogP contribution is 2.26. The smallest absolute Gasteiger partial charge is 0.226 e. The third kappa shape index (κ3) is 4.15. The summed E-state index contributed by atoms with van der Waals surface area (Å²) >= 11 is 3.22. The van der Waals surface area contributed by atoms with Gasteiger partial charge in [-0.05, 0) is 36.1 Å². The summed E-state index contributed by atoms with van der Waals surface area (Å²) in [6, 6.07) is 10.1. The van der Waals surface area contributed by atoms with Crippen molar-refractivity contribution < 1.29 is 4.79 Å². The van der Waals surface area contributed by atoms with Gasteiger partial charge in [0.05, 0.1) is 24.5 Å². The molecule has 1 amide bonds. The number of imidazole rings is 1. The normalized spacial score (nSPS) is 12.0. The van der Waals surface area contributed by atoms with Crippen molar-refractivity contribution in [2.45, 2.75) is 19.4 Å². The Kier molecular flexibility index (Phi) is 5.13. The van der Waals surface area contributed by atoms with E-state index in [1.54, 1.807) is 35.2 Å². The molecule has 3 heterocycles. The first-order valence-electron chi connectivity index (χ1n) is 8.53. The van der Waals surface area contributed by atoms with Crippen LogP contribution < -0.4 is 5.32 Å². The van der Waals surface area contributed by atoms with Gasteiger partial charge in [-0.2, -0.15) is 11.3 Å². The van der Waals surface area contributed by atoms with Crippen LogP contribution in [0.4, 0.5) is 0 Å². The van der Waals surface area contributed by atoms with Crippen molar-refractivity contribution in [1.29, 1.82) is 0 Å². The van der Waals surface area contributed by atoms with E-state index in [0.717, 1.165) is 27.5 Å². The van der Waals surface area contributed by atoms with Crippen LogP contribution in [0.25, 0.3) is 16.3 Å². The zero-order chi connectivity index (χ0) is 18.6. The van der Waals surface area contributed by atoms with E-state index < -0.39 is 0 Å². The standard InChI is InChI=1S/C20H18N4OS2/c1-14(15-2-4-18(5-3-15)24-8-7-21-13-24)22-19(25)10-17-12-27-20(23-17)16-6-9-26-11-16/h2-9,11-14H,10H2,1H3,(H,22,25)/t14-/m1/s1. The Morgan fingerprint density at radius 1 is 1.22 bits per heavy atom. The van der Waals surface area contributed by atoms with Gasteiger partial charge in [-0.15, -0.1) is 11.3 Å². The number of hydrogen-bond donors (Lipinski definition) is 1. The predicted molar refractivity (Wildman–Crippen MR) is 109 cm³/mol. The molecule has 7 heteroatoms. The fourth-order valence-electron chi connectivity index (χ4n) is 2.79. The molecule has 0 spiro atoms. The van der Waals surface area contributed by atoms with Crippen LogP contribution in [0.3, 0.4) is 0 Å². The summed E-state index contributed by atoms with van der Waals surface area (Å²) in [5.74, 6) is -0.0247. The fourth-order valence-corrected chi connectivity index (χ4v) is 4.33. The molecule has 0 aliphatic carbocycles. The number of thiazole rings is 1. The molecule has 4 rings (SSSR count). The lowest BCUT2D eigenvalue weighted by Gasteiger charge is -2.14. The number of benzene rings is 1. The maximum absolute atomic E-state index is 12.4. The minimum absolute atomic E-state index is 0.0247. The van der Waals surface area contributed by atoms with E-state index >= 15 is 0 Å². The monoisotopic (exact) mass is 394 g/mol. The van der Waals surface area contributed by atoms with Crippen LogP contribution >= 0.6 is 22.7 Å². The number of nitrogens with zero attached hydrogens (tertiary/aromatic N) is 3. The van der Waals surface area contributed by atoms with E-state index in [4.69, 9.17) is 0 Å². The summed E-state index contributed by atoms with van der Waals surface area (Å²) < 4.78 is 1.94. The number of thiophene rings is 1. The second-order valence-corrected chi connectivity index (χ2v) is 7.82. The van der Waals surface area contributed by atoms with Crippen molar-refractivity contribution in [1.82, 2.24) is 19.9 Å². The molecule has 1 atom stereocenters. The van der Waals surface area contributed by atoms with Gasteiger partial charge in [0.15, 0.2) is 0 Å². The number of carbonyl (C=O) groups excluding carboxylic acids is 1. The summed E-state index contributed by atoms with van der Waals surface area (Å²) in [6.07, 6.45) is 5.70. The fraction of sp³-hybridized carbons (Fsp3) is 0.150. The third-order valence-electron chi connectivity index (χ3n) is 4.23. The largest absolute Gasteiger partial charge is 0.349 e. The minimum atomic E-state index is -0.0654. The number of carbonyl (C=O) groups is 1. The Balaban J connectivity index is 1.36. The number of nitrogens with one attached hydrogen (secondary N) is 1. The lowest BCUT2D eigenvalue weighted by molar-refractivity contribution is -0.121. The lowest BCUT2D eigenvalue weighted by atomic mass is 10.1. The SMILES string of the molecule is C[C@@H](NC(=O)Cc1csc(-c2ccsc2)n1)c1ccc(-n2ccnc2)cc1. The molecule has 0 aliphatic heterocycles. The van der Waals surface area contributed by atoms with Crippen LogP contribution in [0, 0.1) is 0 Å². The molecule has 0 radical (unpaired) electrons. The van der Waals surface area contributed by atoms with Crippen LogP contribution in [0.2, 0.25) is 0 Å². The van der Waals surface area contributed by atoms with Gasteiger partial charge in [-0.3, -0.25) is 4.79 Å². The van der Waals surface area contributed by atoms with Crippen molar-refractivity contribution in [3.05, 3.63) is 76.5 Å². The molecule has 4 aromatic rings. The number of rotatable bonds is 6. The van der Waals surface area contributed by atoms with Gasteiger partial charge in [-0.1, -0.05) is 12.1 Å². The van der Waals surface area contributed by atoms with Crippen molar-refractivity contribution in [2.75, 3.05) is 0 Å². The van der Waals surface area contributed by atoms with Crippen LogP contribution in [0.1, 0.15) is 24.2 Å². The molecule has 5 nitrogen and oxygen atoms in total. The van der Waals surface area contributed by atoms with Gasteiger partial charge in [0.25, 0.3) is 0 Å². The van der Waals surface area contributed by atoms with Crippen molar-refractivity contribution in [2.24, 2.45) is 0 Å². The van der Waals surface area contributed by atoms with Gasteiger partial charge in [0, 0.05) is 34.4 Å². The first-order valence-corrected chi connectivity index (χ1v) is 10.4. The molecule has 27 heavy (non-hydrogen) atoms. The molecule has 0 fully saturated rings. The molecule has 0 saturated heterocycles. The second kappa shape index (κ2) is 7.85. The van der Waals surface area contributed by atoms with Crippen molar-refractivity contribution in [3.63, 3.8) is 0 Å². The quantitative estimate of drug-likeness (QED) is 0.525. The Bertz CT molecular complexity index is 1000. The van der Waals surface area contributed by atoms with Crippen LogP contribution in [-0.2, 0) is 11.2 Å². The summed E-state index contributed by atoms with van der Waals surface area (Å²) in [6.45, 7) is 1.99. The van der Waals surface area contributed by atoms with E-state index in [9.17, 15) is 4.79 Å². The Morgan fingerprint density at radius 3 is 2.78 bits per heavy atom. The van der Waals surface area contributed by atoms with Crippen LogP contribution in [0.15, 0.2) is 65.2 Å². The van der Waals surface area contributed by atoms with Gasteiger partial charge in [0.2, 0.25) is 5.91 Å². The van der Waals surface area contributed by atoms with E-state index in [-0.39, 0.29) is 18.4 Å². The summed E-state index contributed by atoms with van der Waals surface area (Å²) in [5, 5.41) is 10.1. The van der Waals surface area contributed by atoms with Crippen molar-refractivity contribution >= 4 is 28.6 Å². The molecule has 0 aliphatic rings. The summed E-state index contributed by atoms with van der Waals surface area (Å²) in [5.41, 5.74) is 4.02. The lowest BCUT2D eigenvalue weighted by Crippen LogP contribution is -2.28. The Morgan fingerprint density at radius 2 is 2.07 bits per heavy atom. The van der Waals surface area contributed by atoms with Gasteiger partial charge in [0.1, 0.15) is 5.01 Å². The number of aromatic nitrogens is 3. The Hall–Kier alpha value is -2.77. The molecular weight excluding hydrogens is 376 g/mol. The van der Waals surface area contributed by atoms with Gasteiger partial charge < -0.3 is 9.88 Å². The molecule has 0 saturated carbocycles. The molecule has 1 aromatic carbocycles. The zero-order valence-electron chi connectivity index (χ0n) is 14.7. The highest BCUT2D eigenvalue weighted by atomic mass is 32.1. The van der Waals surface area contributed by atoms with Crippen molar-refractivity contribution in [3.8, 4) is 16.3 Å². The second-order valence-electron chi connectivity index (χ2n) is 6.18. The zero-order valence-corrected chi connectivity index (χ0v) is 16.3. The molecule has 136 valence electrons. The molecule has 3 aromatic heterocycles. The highest BCUT2D eigenvalue weighted by Gasteiger charge is 2.13. The topological polar surface area (TPSA) is 59.8 Å². The van der Waals surface area contributed by atoms with Gasteiger partial charge >= 0.3 is 0 Å². The molecular formula is C20H18N4OS2. The summed E-state index contributed by atoms with van der Waals surface area (Å²) in [7, 11) is 0. The van der Waals surface area contributed by atoms with Crippen LogP contribution in [-0.4, -0.2) is 20.4 Å². The Labute approximate surface area is 165 Å². The minimum Gasteiger partial charge on any atom is -0.349 e. The predicted octanol–water partition coefficient (Wildman–Crippen LogP) is 4.48. The molecule has 0 unspecified atom stereocenters. The van der Waals surface area contributed by atoms with E-state index in [2.05, 4.69) is 20.7 Å².